The van der Waals surface area contributed by atoms with Gasteiger partial charge in [0.1, 0.15) is 17.3 Å². The second-order valence-electron chi connectivity index (χ2n) is 6.13. The minimum absolute atomic E-state index is 0.147. The summed E-state index contributed by atoms with van der Waals surface area (Å²) in [7, 11) is 0. The number of aliphatic hydroxyl groups is 2. The van der Waals surface area contributed by atoms with E-state index < -0.39 is 40.7 Å². The maximum Gasteiger partial charge on any atom is 0.342 e. The third kappa shape index (κ3) is 3.77. The summed E-state index contributed by atoms with van der Waals surface area (Å²) >= 11 is 10.9. The number of hydrogen-bond acceptors (Lipinski definition) is 7. The molecule has 2 atom stereocenters. The SMILES string of the molecule is Cc1cc(=O)oc2c1ccc1oc(=O)c(C(O)C(CO)NC(=O)C(Cl)Cl)cc12. The van der Waals surface area contributed by atoms with Crippen molar-refractivity contribution in [2.75, 3.05) is 6.61 Å². The van der Waals surface area contributed by atoms with Crippen molar-refractivity contribution in [2.45, 2.75) is 23.9 Å². The predicted octanol–water partition coefficient (Wildman–Crippen LogP) is 1.52. The lowest BCUT2D eigenvalue weighted by Crippen LogP contribution is -2.45. The number of alkyl halides is 2. The first-order valence-corrected chi connectivity index (χ1v) is 8.99. The van der Waals surface area contributed by atoms with Crippen LogP contribution in [-0.4, -0.2) is 33.6 Å². The number of carbonyl (C=O) groups is 1. The molecule has 0 saturated heterocycles. The van der Waals surface area contributed by atoms with E-state index in [1.165, 1.54) is 12.1 Å². The highest BCUT2D eigenvalue weighted by molar-refractivity contribution is 6.53. The summed E-state index contributed by atoms with van der Waals surface area (Å²) in [6, 6.07) is 4.54. The first-order chi connectivity index (χ1) is 13.2. The Labute approximate surface area is 167 Å². The number of nitrogens with one attached hydrogen (secondary N) is 1. The number of rotatable bonds is 5. The highest BCUT2D eigenvalue weighted by atomic mass is 35.5. The Bertz CT molecular complexity index is 1170. The maximum absolute atomic E-state index is 12.3. The largest absolute Gasteiger partial charge is 0.422 e. The van der Waals surface area contributed by atoms with Gasteiger partial charge in [-0.1, -0.05) is 23.2 Å². The van der Waals surface area contributed by atoms with E-state index >= 15 is 0 Å². The molecule has 1 aromatic carbocycles. The van der Waals surface area contributed by atoms with E-state index in [9.17, 15) is 24.6 Å². The van der Waals surface area contributed by atoms with Gasteiger partial charge >= 0.3 is 11.3 Å². The minimum Gasteiger partial charge on any atom is -0.422 e. The van der Waals surface area contributed by atoms with Crippen LogP contribution >= 0.6 is 23.2 Å². The molecule has 28 heavy (non-hydrogen) atoms. The van der Waals surface area contributed by atoms with Crippen LogP contribution in [0, 0.1) is 6.92 Å². The van der Waals surface area contributed by atoms with Crippen molar-refractivity contribution >= 4 is 51.0 Å². The first kappa shape index (κ1) is 20.3. The number of aryl methyl sites for hydroxylation is 1. The highest BCUT2D eigenvalue weighted by Gasteiger charge is 2.27. The van der Waals surface area contributed by atoms with Crippen molar-refractivity contribution in [3.63, 3.8) is 0 Å². The number of carbonyl (C=O) groups excluding carboxylic acids is 1. The molecule has 0 bridgehead atoms. The van der Waals surface area contributed by atoms with Crippen LogP contribution < -0.4 is 16.6 Å². The maximum atomic E-state index is 12.3. The van der Waals surface area contributed by atoms with E-state index in [1.807, 2.05) is 0 Å². The molecule has 2 heterocycles. The molecular formula is C18H15Cl2NO7. The molecular weight excluding hydrogens is 413 g/mol. The number of halogens is 2. The van der Waals surface area contributed by atoms with E-state index in [-0.39, 0.29) is 22.1 Å². The normalized spacial score (nSPS) is 13.8. The lowest BCUT2D eigenvalue weighted by Gasteiger charge is -2.22. The van der Waals surface area contributed by atoms with Crippen LogP contribution in [-0.2, 0) is 4.79 Å². The zero-order valence-electron chi connectivity index (χ0n) is 14.4. The molecule has 3 rings (SSSR count). The standard InChI is InChI=1S/C18H15Cl2NO7/c1-7-4-13(23)28-15-8(7)2-3-12-9(15)5-10(18(26)27-12)14(24)11(6-22)21-17(25)16(19)20/h2-5,11,14,16,22,24H,6H2,1H3,(H,21,25). The monoisotopic (exact) mass is 427 g/mol. The third-order valence-electron chi connectivity index (χ3n) is 4.28. The summed E-state index contributed by atoms with van der Waals surface area (Å²) in [5.74, 6) is -0.848. The van der Waals surface area contributed by atoms with Gasteiger partial charge in [0.15, 0.2) is 4.84 Å². The van der Waals surface area contributed by atoms with Crippen LogP contribution in [0.25, 0.3) is 21.9 Å². The Kier molecular flexibility index (Phi) is 5.76. The number of amides is 1. The van der Waals surface area contributed by atoms with Gasteiger partial charge < -0.3 is 24.4 Å². The summed E-state index contributed by atoms with van der Waals surface area (Å²) in [5.41, 5.74) is -0.711. The number of aliphatic hydroxyl groups excluding tert-OH is 2. The van der Waals surface area contributed by atoms with Gasteiger partial charge in [0, 0.05) is 11.5 Å². The molecule has 0 radical (unpaired) electrons. The molecule has 10 heteroatoms. The lowest BCUT2D eigenvalue weighted by atomic mass is 10.0. The Morgan fingerprint density at radius 3 is 2.54 bits per heavy atom. The fourth-order valence-electron chi connectivity index (χ4n) is 2.88. The summed E-state index contributed by atoms with van der Waals surface area (Å²) in [4.78, 5) is 34.3. The van der Waals surface area contributed by atoms with Gasteiger partial charge in [-0.2, -0.15) is 0 Å². The first-order valence-electron chi connectivity index (χ1n) is 8.11. The lowest BCUT2D eigenvalue weighted by molar-refractivity contribution is -0.121. The summed E-state index contributed by atoms with van der Waals surface area (Å²) in [6.07, 6.45) is -1.63. The average Bonchev–Trinajstić information content (AvgIpc) is 2.64. The van der Waals surface area contributed by atoms with Gasteiger partial charge in [-0.15, -0.1) is 0 Å². The number of fused-ring (bicyclic) bond motifs is 3. The quantitative estimate of drug-likeness (QED) is 0.319. The molecule has 8 nitrogen and oxygen atoms in total. The number of hydrogen-bond donors (Lipinski definition) is 3. The molecule has 2 unspecified atom stereocenters. The van der Waals surface area contributed by atoms with Crippen LogP contribution in [0.4, 0.5) is 0 Å². The zero-order valence-corrected chi connectivity index (χ0v) is 16.0. The molecule has 0 aliphatic carbocycles. The van der Waals surface area contributed by atoms with Gasteiger partial charge in [-0.05, 0) is 30.7 Å². The molecule has 0 saturated carbocycles. The van der Waals surface area contributed by atoms with Crippen molar-refractivity contribution in [1.82, 2.24) is 5.32 Å². The topological polar surface area (TPSA) is 130 Å². The van der Waals surface area contributed by atoms with E-state index in [0.29, 0.717) is 10.9 Å². The summed E-state index contributed by atoms with van der Waals surface area (Å²) in [5, 5.41) is 23.1. The molecule has 0 aliphatic heterocycles. The second kappa shape index (κ2) is 7.92. The number of benzene rings is 1. The van der Waals surface area contributed by atoms with E-state index in [0.717, 1.165) is 0 Å². The van der Waals surface area contributed by atoms with Gasteiger partial charge in [0.05, 0.1) is 23.6 Å². The van der Waals surface area contributed by atoms with Crippen LogP contribution in [0.15, 0.2) is 42.7 Å². The Morgan fingerprint density at radius 2 is 1.89 bits per heavy atom. The summed E-state index contributed by atoms with van der Waals surface area (Å²) < 4.78 is 10.5. The smallest absolute Gasteiger partial charge is 0.342 e. The van der Waals surface area contributed by atoms with Gasteiger partial charge in [0.2, 0.25) is 0 Å². The second-order valence-corrected chi connectivity index (χ2v) is 7.23. The average molecular weight is 428 g/mol. The van der Waals surface area contributed by atoms with Gasteiger partial charge in [-0.3, -0.25) is 4.79 Å². The molecule has 2 aromatic heterocycles. The van der Waals surface area contributed by atoms with Crippen molar-refractivity contribution in [2.24, 2.45) is 0 Å². The molecule has 0 spiro atoms. The Hall–Kier alpha value is -2.39. The van der Waals surface area contributed by atoms with Gasteiger partial charge in [0.25, 0.3) is 5.91 Å². The third-order valence-corrected chi connectivity index (χ3v) is 4.67. The molecule has 1 amide bonds. The minimum atomic E-state index is -1.63. The highest BCUT2D eigenvalue weighted by Crippen LogP contribution is 2.28. The van der Waals surface area contributed by atoms with E-state index in [4.69, 9.17) is 32.0 Å². The van der Waals surface area contributed by atoms with Crippen LogP contribution in [0.5, 0.6) is 0 Å². The van der Waals surface area contributed by atoms with Crippen molar-refractivity contribution in [3.05, 3.63) is 56.2 Å². The van der Waals surface area contributed by atoms with Gasteiger partial charge in [-0.25, -0.2) is 9.59 Å². The Balaban J connectivity index is 2.16. The fraction of sp³-hybridized carbons (Fsp3) is 0.278. The molecule has 0 aliphatic rings. The molecule has 148 valence electrons. The predicted molar refractivity (Wildman–Crippen MR) is 103 cm³/mol. The molecule has 0 fully saturated rings. The van der Waals surface area contributed by atoms with E-state index in [1.54, 1.807) is 19.1 Å². The van der Waals surface area contributed by atoms with Crippen molar-refractivity contribution in [3.8, 4) is 0 Å². The summed E-state index contributed by atoms with van der Waals surface area (Å²) in [6.45, 7) is 1.03. The van der Waals surface area contributed by atoms with Crippen molar-refractivity contribution < 1.29 is 23.8 Å². The van der Waals surface area contributed by atoms with Crippen molar-refractivity contribution in [1.29, 1.82) is 0 Å². The zero-order chi connectivity index (χ0) is 20.6. The van der Waals surface area contributed by atoms with E-state index in [2.05, 4.69) is 5.32 Å². The molecule has 3 aromatic rings. The van der Waals surface area contributed by atoms with Crippen LogP contribution in [0.2, 0.25) is 0 Å². The fourth-order valence-corrected chi connectivity index (χ4v) is 3.00. The van der Waals surface area contributed by atoms with Crippen LogP contribution in [0.3, 0.4) is 0 Å². The molecule has 3 N–H and O–H groups in total. The Morgan fingerprint density at radius 1 is 1.18 bits per heavy atom. The van der Waals surface area contributed by atoms with Crippen LogP contribution in [0.1, 0.15) is 17.2 Å².